The van der Waals surface area contributed by atoms with Crippen LogP contribution in [0.25, 0.3) is 11.0 Å². The Morgan fingerprint density at radius 3 is 2.41 bits per heavy atom. The topological polar surface area (TPSA) is 88.4 Å². The third-order valence-electron chi connectivity index (χ3n) is 2.56. The van der Waals surface area contributed by atoms with Gasteiger partial charge in [0.05, 0.1) is 0 Å². The Bertz CT molecular complexity index is 811. The van der Waals surface area contributed by atoms with Gasteiger partial charge in [-0.05, 0) is 24.3 Å². The first-order valence-electron chi connectivity index (χ1n) is 5.90. The van der Waals surface area contributed by atoms with Crippen molar-refractivity contribution >= 4 is 69.0 Å². The molecular weight excluding hydrogens is 355 g/mol. The third kappa shape index (κ3) is 3.91. The summed E-state index contributed by atoms with van der Waals surface area (Å²) in [4.78, 5) is 34.3. The number of halogens is 3. The number of carbonyl (C=O) groups excluding carboxylic acids is 2. The fraction of sp³-hybridized carbons (Fsp3) is 0.154. The van der Waals surface area contributed by atoms with E-state index in [1.807, 2.05) is 0 Å². The number of hydrogen-bond acceptors (Lipinski definition) is 4. The Hall–Kier alpha value is -1.76. The second-order valence-electron chi connectivity index (χ2n) is 4.33. The Balaban J connectivity index is 2.41. The second kappa shape index (κ2) is 6.16. The lowest BCUT2D eigenvalue weighted by atomic mass is 10.2. The van der Waals surface area contributed by atoms with Crippen LogP contribution >= 0.6 is 34.8 Å². The van der Waals surface area contributed by atoms with E-state index in [4.69, 9.17) is 39.2 Å². The summed E-state index contributed by atoms with van der Waals surface area (Å²) in [6, 6.07) is 5.89. The fourth-order valence-corrected chi connectivity index (χ4v) is 1.82. The Morgan fingerprint density at radius 2 is 1.82 bits per heavy atom. The molecule has 0 radical (unpaired) electrons. The number of benzene rings is 1. The summed E-state index contributed by atoms with van der Waals surface area (Å²) < 4.78 is 2.96. The summed E-state index contributed by atoms with van der Waals surface area (Å²) in [7, 11) is 0. The Labute approximate surface area is 139 Å². The molecule has 2 aromatic rings. The molecular formula is C13H9Cl3N2O4. The molecule has 0 fully saturated rings. The van der Waals surface area contributed by atoms with E-state index in [1.165, 1.54) is 31.2 Å². The lowest BCUT2D eigenvalue weighted by Crippen LogP contribution is -2.26. The van der Waals surface area contributed by atoms with E-state index in [1.54, 1.807) is 0 Å². The molecule has 0 bridgehead atoms. The molecule has 2 N–H and O–H groups in total. The molecule has 0 atom stereocenters. The van der Waals surface area contributed by atoms with Gasteiger partial charge in [0.15, 0.2) is 0 Å². The molecule has 116 valence electrons. The molecule has 1 heterocycles. The summed E-state index contributed by atoms with van der Waals surface area (Å²) in [5.74, 6) is -1.23. The quantitative estimate of drug-likeness (QED) is 0.634. The van der Waals surface area contributed by atoms with Gasteiger partial charge in [0, 0.05) is 18.0 Å². The zero-order valence-electron chi connectivity index (χ0n) is 11.1. The predicted octanol–water partition coefficient (Wildman–Crippen LogP) is 3.06. The maximum atomic E-state index is 11.7. The molecule has 22 heavy (non-hydrogen) atoms. The van der Waals surface area contributed by atoms with Crippen molar-refractivity contribution in [3.05, 3.63) is 34.7 Å². The average Bonchev–Trinajstić information content (AvgIpc) is 2.38. The second-order valence-corrected chi connectivity index (χ2v) is 6.61. The van der Waals surface area contributed by atoms with Crippen molar-refractivity contribution in [3.8, 4) is 0 Å². The molecule has 0 saturated heterocycles. The van der Waals surface area contributed by atoms with Crippen molar-refractivity contribution in [3.63, 3.8) is 0 Å². The van der Waals surface area contributed by atoms with Crippen molar-refractivity contribution in [2.45, 2.75) is 10.7 Å². The summed E-state index contributed by atoms with van der Waals surface area (Å²) in [6.07, 6.45) is 0. The van der Waals surface area contributed by atoms with Crippen LogP contribution in [0.2, 0.25) is 0 Å². The van der Waals surface area contributed by atoms with Crippen LogP contribution in [0.1, 0.15) is 6.92 Å². The van der Waals surface area contributed by atoms with Crippen LogP contribution in [-0.4, -0.2) is 15.6 Å². The summed E-state index contributed by atoms with van der Waals surface area (Å²) in [5.41, 5.74) is -0.0666. The van der Waals surface area contributed by atoms with Crippen molar-refractivity contribution in [2.24, 2.45) is 0 Å². The number of carbonyl (C=O) groups is 2. The number of alkyl halides is 3. The van der Waals surface area contributed by atoms with Crippen molar-refractivity contribution in [1.29, 1.82) is 0 Å². The number of fused-ring (bicyclic) bond motifs is 1. The highest BCUT2D eigenvalue weighted by molar-refractivity contribution is 6.76. The molecule has 6 nitrogen and oxygen atoms in total. The number of anilines is 2. The fourth-order valence-electron chi connectivity index (χ4n) is 1.68. The minimum absolute atomic E-state index is 0.00939. The first-order chi connectivity index (χ1) is 10.2. The molecule has 9 heteroatoms. The van der Waals surface area contributed by atoms with Gasteiger partial charge in [0.2, 0.25) is 5.91 Å². The molecule has 0 unspecified atom stereocenters. The van der Waals surface area contributed by atoms with Crippen molar-refractivity contribution < 1.29 is 14.0 Å². The summed E-state index contributed by atoms with van der Waals surface area (Å²) in [6.45, 7) is 1.27. The molecule has 2 rings (SSSR count). The minimum atomic E-state index is -2.10. The van der Waals surface area contributed by atoms with Crippen LogP contribution in [0, 0.1) is 0 Å². The molecule has 1 aromatic carbocycles. The third-order valence-corrected chi connectivity index (χ3v) is 3.07. The van der Waals surface area contributed by atoms with Crippen LogP contribution in [0.15, 0.2) is 33.5 Å². The average molecular weight is 364 g/mol. The van der Waals surface area contributed by atoms with E-state index in [-0.39, 0.29) is 11.3 Å². The van der Waals surface area contributed by atoms with Crippen LogP contribution in [0.3, 0.4) is 0 Å². The lowest BCUT2D eigenvalue weighted by Gasteiger charge is -2.11. The van der Waals surface area contributed by atoms with E-state index in [0.717, 1.165) is 0 Å². The van der Waals surface area contributed by atoms with E-state index < -0.39 is 21.2 Å². The van der Waals surface area contributed by atoms with E-state index in [2.05, 4.69) is 10.6 Å². The Morgan fingerprint density at radius 1 is 1.14 bits per heavy atom. The largest absolute Gasteiger partial charge is 0.421 e. The molecule has 0 saturated carbocycles. The van der Waals surface area contributed by atoms with E-state index in [9.17, 15) is 14.4 Å². The van der Waals surface area contributed by atoms with Gasteiger partial charge in [0.1, 0.15) is 11.3 Å². The zero-order valence-corrected chi connectivity index (χ0v) is 13.3. The highest BCUT2D eigenvalue weighted by Crippen LogP contribution is 2.28. The van der Waals surface area contributed by atoms with Gasteiger partial charge in [0.25, 0.3) is 9.70 Å². The molecule has 1 aromatic heterocycles. The number of nitrogens with one attached hydrogen (secondary N) is 2. The van der Waals surface area contributed by atoms with E-state index in [0.29, 0.717) is 11.1 Å². The molecule has 0 spiro atoms. The molecule has 0 aliphatic carbocycles. The number of hydrogen-bond donors (Lipinski definition) is 2. The Kier molecular flexibility index (Phi) is 4.65. The van der Waals surface area contributed by atoms with Crippen LogP contribution in [0.5, 0.6) is 0 Å². The van der Waals surface area contributed by atoms with Gasteiger partial charge >= 0.3 is 5.63 Å². The zero-order chi connectivity index (χ0) is 16.5. The highest BCUT2D eigenvalue weighted by Gasteiger charge is 2.30. The first kappa shape index (κ1) is 16.6. The summed E-state index contributed by atoms with van der Waals surface area (Å²) >= 11 is 16.4. The lowest BCUT2D eigenvalue weighted by molar-refractivity contribution is -0.115. The van der Waals surface area contributed by atoms with Gasteiger partial charge in [-0.2, -0.15) is 0 Å². The molecule has 0 aliphatic rings. The van der Waals surface area contributed by atoms with Crippen molar-refractivity contribution in [1.82, 2.24) is 0 Å². The van der Waals surface area contributed by atoms with Crippen LogP contribution < -0.4 is 16.3 Å². The maximum absolute atomic E-state index is 11.7. The van der Waals surface area contributed by atoms with Crippen molar-refractivity contribution in [2.75, 3.05) is 10.6 Å². The molecule has 2 amide bonds. The normalized spacial score (nSPS) is 11.3. The SMILES string of the molecule is CC(=O)Nc1cc2cc(NC(=O)C(Cl)(Cl)Cl)ccc2oc1=O. The number of amides is 2. The standard InChI is InChI=1S/C13H9Cl3N2O4/c1-6(19)17-9-5-7-4-8(18-12(21)13(14,15)16)2-3-10(7)22-11(9)20/h2-5H,1H3,(H,17,19)(H,18,21). The minimum Gasteiger partial charge on any atom is -0.421 e. The van der Waals surface area contributed by atoms with Crippen LogP contribution in [-0.2, 0) is 9.59 Å². The smallest absolute Gasteiger partial charge is 0.360 e. The van der Waals surface area contributed by atoms with Crippen LogP contribution in [0.4, 0.5) is 11.4 Å². The maximum Gasteiger partial charge on any atom is 0.360 e. The summed E-state index contributed by atoms with van der Waals surface area (Å²) in [5, 5.41) is 5.24. The van der Waals surface area contributed by atoms with E-state index >= 15 is 0 Å². The first-order valence-corrected chi connectivity index (χ1v) is 7.04. The van der Waals surface area contributed by atoms with Gasteiger partial charge in [-0.25, -0.2) is 4.79 Å². The highest BCUT2D eigenvalue weighted by atomic mass is 35.6. The number of rotatable bonds is 2. The van der Waals surface area contributed by atoms with Gasteiger partial charge in [-0.15, -0.1) is 0 Å². The van der Waals surface area contributed by atoms with Gasteiger partial charge < -0.3 is 15.1 Å². The van der Waals surface area contributed by atoms with Gasteiger partial charge in [-0.3, -0.25) is 9.59 Å². The predicted molar refractivity (Wildman–Crippen MR) is 85.7 cm³/mol. The molecule has 0 aliphatic heterocycles. The van der Waals surface area contributed by atoms with Gasteiger partial charge in [-0.1, -0.05) is 34.8 Å². The monoisotopic (exact) mass is 362 g/mol.